The Labute approximate surface area is 121 Å². The molecule has 0 saturated carbocycles. The zero-order valence-electron chi connectivity index (χ0n) is 11.8. The van der Waals surface area contributed by atoms with E-state index in [4.69, 9.17) is 23.0 Å². The maximum absolute atomic E-state index is 5.75. The van der Waals surface area contributed by atoms with Gasteiger partial charge in [-0.25, -0.2) is 0 Å². The third kappa shape index (κ3) is 4.53. The van der Waals surface area contributed by atoms with E-state index in [0.29, 0.717) is 19.8 Å². The van der Waals surface area contributed by atoms with Crippen LogP contribution in [0.2, 0.25) is 0 Å². The molecule has 2 rings (SSSR count). The minimum Gasteiger partial charge on any atom is -0.321 e. The van der Waals surface area contributed by atoms with E-state index in [-0.39, 0.29) is 12.2 Å². The molecule has 2 aliphatic heterocycles. The van der Waals surface area contributed by atoms with Crippen molar-refractivity contribution in [3.05, 3.63) is 0 Å². The highest BCUT2D eigenvalue weighted by atomic mass is 32.7. The Morgan fingerprint density at radius 2 is 1.95 bits per heavy atom. The van der Waals surface area contributed by atoms with Gasteiger partial charge in [0.05, 0.1) is 12.2 Å². The van der Waals surface area contributed by atoms with E-state index < -0.39 is 12.9 Å². The van der Waals surface area contributed by atoms with Crippen molar-refractivity contribution in [2.75, 3.05) is 19.8 Å². The monoisotopic (exact) mass is 311 g/mol. The Balaban J connectivity index is 1.80. The summed E-state index contributed by atoms with van der Waals surface area (Å²) in [5.74, 6) is -0.270. The fraction of sp³-hybridized carbons (Fsp3) is 1.00. The van der Waals surface area contributed by atoms with Crippen LogP contribution in [-0.2, 0) is 23.0 Å². The molecule has 0 spiro atoms. The predicted octanol–water partition coefficient (Wildman–Crippen LogP) is 3.57. The maximum Gasteiger partial charge on any atom is 0.478 e. The summed E-state index contributed by atoms with van der Waals surface area (Å²) in [7, 11) is -2.38. The van der Waals surface area contributed by atoms with Gasteiger partial charge in [-0.05, 0) is 20.3 Å². The van der Waals surface area contributed by atoms with Crippen molar-refractivity contribution in [3.63, 3.8) is 0 Å². The number of hydrogen-bond acceptors (Lipinski definition) is 6. The van der Waals surface area contributed by atoms with E-state index in [9.17, 15) is 0 Å². The van der Waals surface area contributed by atoms with Crippen LogP contribution in [0.25, 0.3) is 0 Å². The minimum atomic E-state index is -2.38. The van der Waals surface area contributed by atoms with E-state index in [2.05, 4.69) is 19.2 Å². The van der Waals surface area contributed by atoms with Gasteiger partial charge in [-0.3, -0.25) is 0 Å². The normalized spacial score (nSPS) is 27.2. The lowest BCUT2D eigenvalue weighted by molar-refractivity contribution is -0.451. The van der Waals surface area contributed by atoms with Gasteiger partial charge in [0.25, 0.3) is 0 Å². The molecule has 2 heterocycles. The number of hydrogen-bond donors (Lipinski definition) is 1. The summed E-state index contributed by atoms with van der Waals surface area (Å²) in [6.45, 7) is 7.61. The zero-order valence-corrected chi connectivity index (χ0v) is 13.6. The summed E-state index contributed by atoms with van der Waals surface area (Å²) >= 11 is 4.36. The average Bonchev–Trinajstić information content (AvgIpc) is 2.74. The molecule has 0 N–H and O–H groups in total. The van der Waals surface area contributed by atoms with Crippen LogP contribution in [0.15, 0.2) is 0 Å². The minimum absolute atomic E-state index is 0.191. The topological polar surface area (TPSA) is 46.2 Å². The first-order valence-corrected chi connectivity index (χ1v) is 9.55. The molecule has 1 atom stereocenters. The Morgan fingerprint density at radius 1 is 1.32 bits per heavy atom. The summed E-state index contributed by atoms with van der Waals surface area (Å²) in [6, 6.07) is 0. The van der Waals surface area contributed by atoms with Gasteiger partial charge in [0, 0.05) is 5.92 Å². The number of thiol groups is 1. The summed E-state index contributed by atoms with van der Waals surface area (Å²) in [6.07, 6.45) is 3.08. The van der Waals surface area contributed by atoms with Crippen molar-refractivity contribution in [2.45, 2.75) is 52.1 Å². The molecule has 2 aliphatic rings. The largest absolute Gasteiger partial charge is 0.478 e. The smallest absolute Gasteiger partial charge is 0.321 e. The van der Waals surface area contributed by atoms with Crippen molar-refractivity contribution in [1.29, 1.82) is 0 Å². The molecular weight excluding hydrogens is 287 g/mol. The van der Waals surface area contributed by atoms with Crippen molar-refractivity contribution < 1.29 is 23.0 Å². The summed E-state index contributed by atoms with van der Waals surface area (Å²) < 4.78 is 28.1. The molecule has 2 saturated heterocycles. The van der Waals surface area contributed by atoms with E-state index in [0.717, 1.165) is 19.3 Å². The lowest BCUT2D eigenvalue weighted by atomic mass is 10.0. The van der Waals surface area contributed by atoms with E-state index in [1.165, 1.54) is 0 Å². The van der Waals surface area contributed by atoms with Crippen molar-refractivity contribution in [1.82, 2.24) is 0 Å². The first-order chi connectivity index (χ1) is 8.94. The second-order valence-corrected chi connectivity index (χ2v) is 8.52. The molecule has 19 heavy (non-hydrogen) atoms. The lowest BCUT2D eigenvalue weighted by Crippen LogP contribution is -2.53. The van der Waals surface area contributed by atoms with Gasteiger partial charge >= 0.3 is 7.15 Å². The molecule has 5 nitrogen and oxygen atoms in total. The van der Waals surface area contributed by atoms with Gasteiger partial charge in [0.1, 0.15) is 19.8 Å². The summed E-state index contributed by atoms with van der Waals surface area (Å²) in [4.78, 5) is 0. The maximum atomic E-state index is 5.75. The molecular formula is C12H24O5PS+. The third-order valence-electron chi connectivity index (χ3n) is 3.16. The molecule has 7 heteroatoms. The lowest BCUT2D eigenvalue weighted by Gasteiger charge is -2.46. The Bertz CT molecular complexity index is 288. The van der Waals surface area contributed by atoms with Gasteiger partial charge in [0.2, 0.25) is 0 Å². The predicted molar refractivity (Wildman–Crippen MR) is 76.8 cm³/mol. The number of rotatable bonds is 7. The Kier molecular flexibility index (Phi) is 5.51. The average molecular weight is 311 g/mol. The Morgan fingerprint density at radius 3 is 2.47 bits per heavy atom. The van der Waals surface area contributed by atoms with Gasteiger partial charge in [0.15, 0.2) is 12.1 Å². The molecule has 0 bridgehead atoms. The zero-order chi connectivity index (χ0) is 13.9. The number of unbranched alkanes of at least 4 members (excludes halogenated alkanes) is 1. The van der Waals surface area contributed by atoms with Crippen molar-refractivity contribution in [3.8, 4) is 0 Å². The van der Waals surface area contributed by atoms with Crippen molar-refractivity contribution in [2.24, 2.45) is 5.92 Å². The molecule has 0 aliphatic carbocycles. The highest BCUT2D eigenvalue weighted by molar-refractivity contribution is 8.47. The quantitative estimate of drug-likeness (QED) is 0.575. The SMILES string of the molecule is CCCCC(CO[P+]1(S)OCCO1)C1OC(C)(C)O1. The molecule has 112 valence electrons. The second kappa shape index (κ2) is 6.56. The van der Waals surface area contributed by atoms with Crippen LogP contribution in [0, 0.1) is 5.92 Å². The van der Waals surface area contributed by atoms with Crippen LogP contribution in [0.3, 0.4) is 0 Å². The van der Waals surface area contributed by atoms with E-state index in [1.807, 2.05) is 13.8 Å². The van der Waals surface area contributed by atoms with Crippen LogP contribution in [0.4, 0.5) is 0 Å². The van der Waals surface area contributed by atoms with Crippen LogP contribution in [0.5, 0.6) is 0 Å². The van der Waals surface area contributed by atoms with Gasteiger partial charge < -0.3 is 9.47 Å². The first-order valence-electron chi connectivity index (χ1n) is 6.85. The van der Waals surface area contributed by atoms with Crippen LogP contribution < -0.4 is 0 Å². The van der Waals surface area contributed by atoms with Crippen molar-refractivity contribution >= 4 is 19.4 Å². The highest BCUT2D eigenvalue weighted by Crippen LogP contribution is 2.69. The molecule has 0 aromatic carbocycles. The second-order valence-electron chi connectivity index (χ2n) is 5.34. The number of ether oxygens (including phenoxy) is 2. The molecule has 0 aromatic rings. The van der Waals surface area contributed by atoms with E-state index >= 15 is 0 Å². The first kappa shape index (κ1) is 16.0. The molecule has 0 radical (unpaired) electrons. The van der Waals surface area contributed by atoms with Crippen LogP contribution in [0.1, 0.15) is 40.0 Å². The van der Waals surface area contributed by atoms with Crippen LogP contribution >= 0.6 is 19.4 Å². The third-order valence-corrected chi connectivity index (χ3v) is 5.69. The van der Waals surface area contributed by atoms with Gasteiger partial charge in [-0.1, -0.05) is 19.8 Å². The highest BCUT2D eigenvalue weighted by Gasteiger charge is 2.49. The van der Waals surface area contributed by atoms with E-state index in [1.54, 1.807) is 0 Å². The standard InChI is InChI=1S/C12H24O5PS/c1-4-5-6-10(11-16-12(2,3)17-11)9-15-18(19)13-7-8-14-18/h10-11,19H,4-9H2,1-3H3/q+1. The molecule has 0 aromatic heterocycles. The summed E-state index contributed by atoms with van der Waals surface area (Å²) in [5.41, 5.74) is 0. The molecule has 2 fully saturated rings. The molecule has 1 unspecified atom stereocenters. The van der Waals surface area contributed by atoms with Gasteiger partial charge in [-0.15, -0.1) is 0 Å². The fourth-order valence-electron chi connectivity index (χ4n) is 2.13. The summed E-state index contributed by atoms with van der Waals surface area (Å²) in [5, 5.41) is 0. The fourth-order valence-corrected chi connectivity index (χ4v) is 4.04. The van der Waals surface area contributed by atoms with Crippen LogP contribution in [-0.4, -0.2) is 31.9 Å². The Hall–Kier alpha value is 0.580. The molecule has 0 amide bonds. The van der Waals surface area contributed by atoms with Gasteiger partial charge in [-0.2, -0.15) is 13.6 Å².